The van der Waals surface area contributed by atoms with Crippen LogP contribution in [-0.4, -0.2) is 28.8 Å². The highest BCUT2D eigenvalue weighted by Crippen LogP contribution is 2.48. The van der Waals surface area contributed by atoms with Crippen LogP contribution < -0.4 is 10.6 Å². The fourth-order valence-electron chi connectivity index (χ4n) is 1.75. The lowest BCUT2D eigenvalue weighted by Crippen LogP contribution is -2.49. The summed E-state index contributed by atoms with van der Waals surface area (Å²) in [6.45, 7) is 0. The molecule has 9 heteroatoms. The monoisotopic (exact) mass is 322 g/mol. The Labute approximate surface area is 122 Å². The van der Waals surface area contributed by atoms with E-state index in [9.17, 15) is 22.8 Å². The van der Waals surface area contributed by atoms with Gasteiger partial charge in [0.05, 0.1) is 10.6 Å². The summed E-state index contributed by atoms with van der Waals surface area (Å²) in [5.74, 6) is -1.31. The number of benzene rings is 1. The summed E-state index contributed by atoms with van der Waals surface area (Å²) in [5, 5.41) is 12.9. The van der Waals surface area contributed by atoms with Gasteiger partial charge in [0.1, 0.15) is 5.54 Å². The second kappa shape index (κ2) is 5.10. The zero-order valence-corrected chi connectivity index (χ0v) is 11.2. The van der Waals surface area contributed by atoms with E-state index >= 15 is 0 Å². The van der Waals surface area contributed by atoms with Crippen LogP contribution in [0.15, 0.2) is 18.2 Å². The first-order chi connectivity index (χ1) is 9.64. The van der Waals surface area contributed by atoms with Gasteiger partial charge in [-0.3, -0.25) is 0 Å². The molecule has 2 amide bonds. The topological polar surface area (TPSA) is 78.4 Å². The summed E-state index contributed by atoms with van der Waals surface area (Å²) < 4.78 is 38.0. The van der Waals surface area contributed by atoms with E-state index in [1.165, 1.54) is 12.1 Å². The van der Waals surface area contributed by atoms with Crippen molar-refractivity contribution < 1.29 is 27.9 Å². The minimum atomic E-state index is -4.52. The number of hydrogen-bond acceptors (Lipinski definition) is 2. The van der Waals surface area contributed by atoms with Crippen LogP contribution >= 0.6 is 11.6 Å². The molecule has 0 saturated heterocycles. The van der Waals surface area contributed by atoms with E-state index in [-0.39, 0.29) is 29.1 Å². The Hall–Kier alpha value is -1.96. The maximum atomic E-state index is 12.7. The van der Waals surface area contributed by atoms with Crippen LogP contribution in [0.2, 0.25) is 5.02 Å². The lowest BCUT2D eigenvalue weighted by molar-refractivity contribution is -0.162. The Morgan fingerprint density at radius 3 is 2.38 bits per heavy atom. The van der Waals surface area contributed by atoms with Crippen LogP contribution in [0, 0.1) is 0 Å². The molecule has 2 rings (SSSR count). The van der Waals surface area contributed by atoms with Crippen molar-refractivity contribution in [3.05, 3.63) is 28.8 Å². The number of halogens is 4. The molecule has 0 atom stereocenters. The second-order valence-electron chi connectivity index (χ2n) is 4.66. The molecule has 1 aromatic rings. The average molecular weight is 323 g/mol. The third-order valence-corrected chi connectivity index (χ3v) is 3.43. The lowest BCUT2D eigenvalue weighted by atomic mass is 10.2. The van der Waals surface area contributed by atoms with Gasteiger partial charge in [-0.2, -0.15) is 13.2 Å². The van der Waals surface area contributed by atoms with Crippen LogP contribution in [0.5, 0.6) is 0 Å². The van der Waals surface area contributed by atoms with Gasteiger partial charge in [-0.1, -0.05) is 11.6 Å². The van der Waals surface area contributed by atoms with E-state index in [1.54, 1.807) is 0 Å². The van der Waals surface area contributed by atoms with Crippen molar-refractivity contribution in [1.82, 2.24) is 5.32 Å². The summed E-state index contributed by atoms with van der Waals surface area (Å²) >= 11 is 5.65. The highest BCUT2D eigenvalue weighted by Gasteiger charge is 2.64. The highest BCUT2D eigenvalue weighted by molar-refractivity contribution is 6.33. The Bertz CT molecular complexity index is 600. The zero-order chi connectivity index (χ0) is 15.8. The third kappa shape index (κ3) is 3.21. The molecule has 0 aliphatic heterocycles. The fraction of sp³-hybridized carbons (Fsp3) is 0.333. The maximum Gasteiger partial charge on any atom is 0.411 e. The molecule has 0 aromatic heterocycles. The van der Waals surface area contributed by atoms with E-state index < -0.39 is 23.7 Å². The molecule has 5 nitrogen and oxygen atoms in total. The number of hydrogen-bond donors (Lipinski definition) is 3. The van der Waals surface area contributed by atoms with Gasteiger partial charge in [0.2, 0.25) is 0 Å². The molecule has 0 heterocycles. The number of carboxylic acids is 1. The van der Waals surface area contributed by atoms with E-state index in [1.807, 2.05) is 5.32 Å². The first-order valence-electron chi connectivity index (χ1n) is 5.83. The number of carbonyl (C=O) groups excluding carboxylic acids is 1. The van der Waals surface area contributed by atoms with Crippen LogP contribution in [0.3, 0.4) is 0 Å². The number of carboxylic acid groups (broad SMARTS) is 1. The Balaban J connectivity index is 2.07. The number of rotatable bonds is 3. The minimum Gasteiger partial charge on any atom is -0.478 e. The van der Waals surface area contributed by atoms with Crippen molar-refractivity contribution in [1.29, 1.82) is 0 Å². The van der Waals surface area contributed by atoms with Crippen molar-refractivity contribution in [2.24, 2.45) is 0 Å². The largest absolute Gasteiger partial charge is 0.478 e. The SMILES string of the molecule is O=C(Nc1ccc(Cl)c(C(=O)O)c1)NC1(C(F)(F)F)CC1. The van der Waals surface area contributed by atoms with Crippen molar-refractivity contribution in [3.63, 3.8) is 0 Å². The van der Waals surface area contributed by atoms with Crippen molar-refractivity contribution in [3.8, 4) is 0 Å². The number of nitrogens with one attached hydrogen (secondary N) is 2. The lowest BCUT2D eigenvalue weighted by Gasteiger charge is -2.21. The quantitative estimate of drug-likeness (QED) is 0.799. The second-order valence-corrected chi connectivity index (χ2v) is 5.07. The molecule has 0 radical (unpaired) electrons. The Kier molecular flexibility index (Phi) is 3.75. The van der Waals surface area contributed by atoms with Crippen molar-refractivity contribution in [2.75, 3.05) is 5.32 Å². The van der Waals surface area contributed by atoms with Gasteiger partial charge in [-0.15, -0.1) is 0 Å². The molecule has 0 spiro atoms. The van der Waals surface area contributed by atoms with E-state index in [0.717, 1.165) is 6.07 Å². The highest BCUT2D eigenvalue weighted by atomic mass is 35.5. The normalized spacial score (nSPS) is 16.2. The molecule has 1 fully saturated rings. The number of carbonyl (C=O) groups is 2. The zero-order valence-electron chi connectivity index (χ0n) is 10.4. The number of aromatic carboxylic acids is 1. The average Bonchev–Trinajstić information content (AvgIpc) is 3.11. The molecule has 3 N–H and O–H groups in total. The van der Waals surface area contributed by atoms with Crippen LogP contribution in [0.25, 0.3) is 0 Å². The number of anilines is 1. The Morgan fingerprint density at radius 1 is 1.29 bits per heavy atom. The van der Waals surface area contributed by atoms with E-state index in [0.29, 0.717) is 0 Å². The maximum absolute atomic E-state index is 12.7. The molecule has 0 unspecified atom stereocenters. The first kappa shape index (κ1) is 15.4. The van der Waals surface area contributed by atoms with Gasteiger partial charge < -0.3 is 15.7 Å². The number of amides is 2. The van der Waals surface area contributed by atoms with Crippen LogP contribution in [0.4, 0.5) is 23.7 Å². The van der Waals surface area contributed by atoms with E-state index in [2.05, 4.69) is 5.32 Å². The molecule has 1 aliphatic carbocycles. The fourth-order valence-corrected chi connectivity index (χ4v) is 1.95. The molecule has 114 valence electrons. The van der Waals surface area contributed by atoms with Gasteiger partial charge in [0, 0.05) is 5.69 Å². The summed E-state index contributed by atoms with van der Waals surface area (Å²) in [6, 6.07) is 2.54. The molecule has 21 heavy (non-hydrogen) atoms. The molecular formula is C12H10ClF3N2O3. The third-order valence-electron chi connectivity index (χ3n) is 3.10. The van der Waals surface area contributed by atoms with Gasteiger partial charge in [0.25, 0.3) is 0 Å². The van der Waals surface area contributed by atoms with Gasteiger partial charge in [0.15, 0.2) is 0 Å². The minimum absolute atomic E-state index is 0.0345. The summed E-state index contributed by atoms with van der Waals surface area (Å²) in [6.07, 6.45) is -4.87. The van der Waals surface area contributed by atoms with Gasteiger partial charge in [-0.25, -0.2) is 9.59 Å². The van der Waals surface area contributed by atoms with Crippen molar-refractivity contribution in [2.45, 2.75) is 24.6 Å². The molecule has 1 aliphatic rings. The molecule has 1 aromatic carbocycles. The summed E-state index contributed by atoms with van der Waals surface area (Å²) in [4.78, 5) is 22.4. The summed E-state index contributed by atoms with van der Waals surface area (Å²) in [5.41, 5.74) is -2.40. The van der Waals surface area contributed by atoms with Crippen LogP contribution in [-0.2, 0) is 0 Å². The first-order valence-corrected chi connectivity index (χ1v) is 6.21. The molecular weight excluding hydrogens is 313 g/mol. The standard InChI is InChI=1S/C12H10ClF3N2O3/c13-8-2-1-6(5-7(8)9(19)20)17-10(21)18-11(3-4-11)12(14,15)16/h1-2,5H,3-4H2,(H,19,20)(H2,17,18,21). The smallest absolute Gasteiger partial charge is 0.411 e. The van der Waals surface area contributed by atoms with E-state index in [4.69, 9.17) is 16.7 Å². The summed E-state index contributed by atoms with van der Waals surface area (Å²) in [7, 11) is 0. The van der Waals surface area contributed by atoms with Crippen molar-refractivity contribution >= 4 is 29.3 Å². The van der Waals surface area contributed by atoms with Gasteiger partial charge >= 0.3 is 18.2 Å². The Morgan fingerprint density at radius 2 is 1.90 bits per heavy atom. The predicted octanol–water partition coefficient (Wildman–Crippen LogP) is 3.25. The molecule has 1 saturated carbocycles. The van der Waals surface area contributed by atoms with Crippen LogP contribution in [0.1, 0.15) is 23.2 Å². The van der Waals surface area contributed by atoms with Gasteiger partial charge in [-0.05, 0) is 31.0 Å². The predicted molar refractivity (Wildman–Crippen MR) is 68.6 cm³/mol. The number of urea groups is 1. The number of alkyl halides is 3. The molecule has 0 bridgehead atoms.